The molecule has 100 valence electrons. The van der Waals surface area contributed by atoms with Gasteiger partial charge in [0.15, 0.2) is 0 Å². The quantitative estimate of drug-likeness (QED) is 0.771. The minimum Gasteiger partial charge on any atom is -0.478 e. The molecule has 0 saturated carbocycles. The second-order valence-electron chi connectivity index (χ2n) is 4.39. The van der Waals surface area contributed by atoms with E-state index in [1.807, 2.05) is 0 Å². The summed E-state index contributed by atoms with van der Waals surface area (Å²) in [4.78, 5) is 11.6. The molecule has 1 unspecified atom stereocenters. The van der Waals surface area contributed by atoms with Crippen molar-refractivity contribution < 1.29 is 14.1 Å². The fourth-order valence-electron chi connectivity index (χ4n) is 1.75. The lowest BCUT2D eigenvalue weighted by Gasteiger charge is -2.05. The van der Waals surface area contributed by atoms with Gasteiger partial charge in [0.1, 0.15) is 0 Å². The summed E-state index contributed by atoms with van der Waals surface area (Å²) in [6.07, 6.45) is 4.32. The van der Waals surface area contributed by atoms with Crippen molar-refractivity contribution >= 4 is 16.8 Å². The molecule has 0 aliphatic carbocycles. The van der Waals surface area contributed by atoms with Crippen molar-refractivity contribution in [1.29, 1.82) is 0 Å². The molecule has 0 heterocycles. The highest BCUT2D eigenvalue weighted by Gasteiger charge is 2.11. The Labute approximate surface area is 111 Å². The number of hydrogen-bond acceptors (Lipinski definition) is 2. The number of hydrogen-bond donors (Lipinski definition) is 1. The van der Waals surface area contributed by atoms with E-state index >= 15 is 0 Å². The standard InChI is InChI=1S/C14H20O3S/c1-3-4-5-6-9-18(17)12-8-7-11(2)13(10-12)14(15)16/h7-8,10H,3-6,9H2,1-2H3,(H,15,16). The molecule has 1 aromatic rings. The van der Waals surface area contributed by atoms with Crippen molar-refractivity contribution in [1.82, 2.24) is 0 Å². The van der Waals surface area contributed by atoms with Crippen LogP contribution >= 0.6 is 0 Å². The van der Waals surface area contributed by atoms with Gasteiger partial charge in [-0.05, 0) is 31.0 Å². The van der Waals surface area contributed by atoms with Crippen LogP contribution in [0.2, 0.25) is 0 Å². The molecule has 0 radical (unpaired) electrons. The summed E-state index contributed by atoms with van der Waals surface area (Å²) < 4.78 is 12.0. The maximum absolute atomic E-state index is 12.0. The van der Waals surface area contributed by atoms with Crippen molar-refractivity contribution in [3.8, 4) is 0 Å². The van der Waals surface area contributed by atoms with Crippen LogP contribution in [0.1, 0.15) is 48.5 Å². The Kier molecular flexibility index (Phi) is 6.05. The maximum Gasteiger partial charge on any atom is 0.335 e. The third-order valence-corrected chi connectivity index (χ3v) is 4.32. The molecule has 0 amide bonds. The number of rotatable bonds is 7. The van der Waals surface area contributed by atoms with Gasteiger partial charge in [-0.15, -0.1) is 0 Å². The van der Waals surface area contributed by atoms with Gasteiger partial charge in [-0.25, -0.2) is 4.79 Å². The van der Waals surface area contributed by atoms with E-state index in [4.69, 9.17) is 5.11 Å². The van der Waals surface area contributed by atoms with Gasteiger partial charge in [0.25, 0.3) is 0 Å². The second kappa shape index (κ2) is 7.31. The predicted molar refractivity (Wildman–Crippen MR) is 73.6 cm³/mol. The van der Waals surface area contributed by atoms with Gasteiger partial charge in [0, 0.05) is 10.6 Å². The number of unbranched alkanes of at least 4 members (excludes halogenated alkanes) is 3. The Bertz CT molecular complexity index is 441. The van der Waals surface area contributed by atoms with Gasteiger partial charge in [0.2, 0.25) is 0 Å². The molecule has 1 N–H and O–H groups in total. The van der Waals surface area contributed by atoms with Gasteiger partial charge in [-0.2, -0.15) is 0 Å². The Hall–Kier alpha value is -1.16. The summed E-state index contributed by atoms with van der Waals surface area (Å²) in [7, 11) is -1.09. The lowest BCUT2D eigenvalue weighted by Crippen LogP contribution is -2.04. The molecule has 1 aromatic carbocycles. The summed E-state index contributed by atoms with van der Waals surface area (Å²) in [5, 5.41) is 9.02. The van der Waals surface area contributed by atoms with E-state index in [-0.39, 0.29) is 5.56 Å². The first-order valence-electron chi connectivity index (χ1n) is 6.28. The van der Waals surface area contributed by atoms with Crippen LogP contribution in [-0.2, 0) is 10.8 Å². The molecule has 0 spiro atoms. The third-order valence-electron chi connectivity index (χ3n) is 2.89. The minimum atomic E-state index is -1.09. The summed E-state index contributed by atoms with van der Waals surface area (Å²) in [6, 6.07) is 5.02. The van der Waals surface area contributed by atoms with E-state index in [1.54, 1.807) is 19.1 Å². The average molecular weight is 268 g/mol. The van der Waals surface area contributed by atoms with Crippen molar-refractivity contribution in [3.05, 3.63) is 29.3 Å². The second-order valence-corrected chi connectivity index (χ2v) is 5.96. The van der Waals surface area contributed by atoms with Crippen LogP contribution in [0.4, 0.5) is 0 Å². The smallest absolute Gasteiger partial charge is 0.335 e. The molecule has 4 heteroatoms. The van der Waals surface area contributed by atoms with Crippen LogP contribution in [0.25, 0.3) is 0 Å². The number of aromatic carboxylic acids is 1. The Morgan fingerprint density at radius 3 is 2.61 bits per heavy atom. The molecule has 18 heavy (non-hydrogen) atoms. The van der Waals surface area contributed by atoms with Crippen LogP contribution in [0.15, 0.2) is 23.1 Å². The molecule has 0 aliphatic heterocycles. The molecule has 1 rings (SSSR count). The lowest BCUT2D eigenvalue weighted by atomic mass is 10.1. The average Bonchev–Trinajstić information content (AvgIpc) is 2.34. The normalized spacial score (nSPS) is 12.3. The SMILES string of the molecule is CCCCCCS(=O)c1ccc(C)c(C(=O)O)c1. The zero-order valence-corrected chi connectivity index (χ0v) is 11.8. The van der Waals surface area contributed by atoms with E-state index < -0.39 is 16.8 Å². The van der Waals surface area contributed by atoms with Crippen molar-refractivity contribution in [2.24, 2.45) is 0 Å². The number of carbonyl (C=O) groups is 1. The molecule has 0 saturated heterocycles. The summed E-state index contributed by atoms with van der Waals surface area (Å²) in [6.45, 7) is 3.88. The highest BCUT2D eigenvalue weighted by molar-refractivity contribution is 7.85. The Morgan fingerprint density at radius 1 is 1.28 bits per heavy atom. The highest BCUT2D eigenvalue weighted by Crippen LogP contribution is 2.15. The van der Waals surface area contributed by atoms with Crippen LogP contribution in [-0.4, -0.2) is 21.0 Å². The van der Waals surface area contributed by atoms with Crippen LogP contribution in [0, 0.1) is 6.92 Å². The molecule has 0 fully saturated rings. The van der Waals surface area contributed by atoms with Gasteiger partial charge in [-0.1, -0.05) is 32.3 Å². The molecular formula is C14H20O3S. The molecule has 0 aliphatic rings. The van der Waals surface area contributed by atoms with E-state index in [1.165, 1.54) is 6.07 Å². The van der Waals surface area contributed by atoms with Crippen molar-refractivity contribution in [2.45, 2.75) is 44.4 Å². The van der Waals surface area contributed by atoms with Crippen LogP contribution in [0.5, 0.6) is 0 Å². The van der Waals surface area contributed by atoms with E-state index in [0.29, 0.717) is 16.2 Å². The first kappa shape index (κ1) is 14.9. The van der Waals surface area contributed by atoms with Gasteiger partial charge in [0.05, 0.1) is 16.4 Å². The Balaban J connectivity index is 2.68. The third kappa shape index (κ3) is 4.26. The summed E-state index contributed by atoms with van der Waals surface area (Å²) in [5.41, 5.74) is 0.948. The van der Waals surface area contributed by atoms with E-state index in [9.17, 15) is 9.00 Å². The van der Waals surface area contributed by atoms with Gasteiger partial charge < -0.3 is 5.11 Å². The fourth-order valence-corrected chi connectivity index (χ4v) is 2.92. The maximum atomic E-state index is 12.0. The van der Waals surface area contributed by atoms with Crippen LogP contribution < -0.4 is 0 Å². The minimum absolute atomic E-state index is 0.245. The molecule has 3 nitrogen and oxygen atoms in total. The molecule has 1 atom stereocenters. The molecular weight excluding hydrogens is 248 g/mol. The number of benzene rings is 1. The molecule has 0 aromatic heterocycles. The fraction of sp³-hybridized carbons (Fsp3) is 0.500. The van der Waals surface area contributed by atoms with Gasteiger partial charge >= 0.3 is 5.97 Å². The number of carboxylic acid groups (broad SMARTS) is 1. The highest BCUT2D eigenvalue weighted by atomic mass is 32.2. The first-order chi connectivity index (χ1) is 8.56. The topological polar surface area (TPSA) is 54.4 Å². The largest absolute Gasteiger partial charge is 0.478 e. The van der Waals surface area contributed by atoms with E-state index in [2.05, 4.69) is 6.92 Å². The Morgan fingerprint density at radius 2 is 2.00 bits per heavy atom. The summed E-state index contributed by atoms with van der Waals surface area (Å²) >= 11 is 0. The number of carboxylic acids is 1. The van der Waals surface area contributed by atoms with Crippen LogP contribution in [0.3, 0.4) is 0 Å². The van der Waals surface area contributed by atoms with Gasteiger partial charge in [-0.3, -0.25) is 4.21 Å². The summed E-state index contributed by atoms with van der Waals surface area (Å²) in [5.74, 6) is -0.348. The zero-order valence-electron chi connectivity index (χ0n) is 10.9. The number of aryl methyl sites for hydroxylation is 1. The predicted octanol–water partition coefficient (Wildman–Crippen LogP) is 3.38. The lowest BCUT2D eigenvalue weighted by molar-refractivity contribution is 0.0696. The first-order valence-corrected chi connectivity index (χ1v) is 7.60. The van der Waals surface area contributed by atoms with E-state index in [0.717, 1.165) is 25.7 Å². The van der Waals surface area contributed by atoms with Crippen molar-refractivity contribution in [2.75, 3.05) is 5.75 Å². The van der Waals surface area contributed by atoms with Crippen molar-refractivity contribution in [3.63, 3.8) is 0 Å². The monoisotopic (exact) mass is 268 g/mol. The zero-order chi connectivity index (χ0) is 13.5. The molecule has 0 bridgehead atoms.